The zero-order valence-corrected chi connectivity index (χ0v) is 12.6. The highest BCUT2D eigenvalue weighted by molar-refractivity contribution is 7.16. The molecular weight excluding hydrogens is 264 g/mol. The van der Waals surface area contributed by atoms with Crippen LogP contribution in [0.25, 0.3) is 0 Å². The fourth-order valence-corrected chi connectivity index (χ4v) is 2.86. The number of carbonyl (C=O) groups is 2. The van der Waals surface area contributed by atoms with Crippen molar-refractivity contribution in [3.8, 4) is 0 Å². The molecule has 0 aliphatic carbocycles. The van der Waals surface area contributed by atoms with E-state index < -0.39 is 5.97 Å². The van der Waals surface area contributed by atoms with Crippen molar-refractivity contribution in [1.29, 1.82) is 0 Å². The van der Waals surface area contributed by atoms with Crippen molar-refractivity contribution in [2.45, 2.75) is 34.1 Å². The number of anilines is 1. The van der Waals surface area contributed by atoms with Gasteiger partial charge >= 0.3 is 12.0 Å². The van der Waals surface area contributed by atoms with Gasteiger partial charge in [0.2, 0.25) is 0 Å². The Morgan fingerprint density at radius 3 is 2.42 bits per heavy atom. The Kier molecular flexibility index (Phi) is 5.35. The van der Waals surface area contributed by atoms with Crippen LogP contribution in [-0.2, 0) is 0 Å². The molecule has 0 bridgehead atoms. The largest absolute Gasteiger partial charge is 0.478 e. The van der Waals surface area contributed by atoms with Crippen LogP contribution in [-0.4, -0.2) is 35.1 Å². The summed E-state index contributed by atoms with van der Waals surface area (Å²) in [6.07, 6.45) is 0.871. The molecule has 106 valence electrons. The number of carboxylic acid groups (broad SMARTS) is 1. The maximum atomic E-state index is 12.1. The highest BCUT2D eigenvalue weighted by Crippen LogP contribution is 2.32. The second kappa shape index (κ2) is 6.56. The molecule has 0 spiro atoms. The molecule has 1 rings (SSSR count). The van der Waals surface area contributed by atoms with Crippen LogP contribution in [0.15, 0.2) is 0 Å². The summed E-state index contributed by atoms with van der Waals surface area (Å²) in [5.74, 6) is -1.00. The summed E-state index contributed by atoms with van der Waals surface area (Å²) in [5.41, 5.74) is 0.912. The summed E-state index contributed by atoms with van der Waals surface area (Å²) in [7, 11) is 0. The third-order valence-corrected chi connectivity index (χ3v) is 4.10. The summed E-state index contributed by atoms with van der Waals surface area (Å²) in [6.45, 7) is 8.77. The van der Waals surface area contributed by atoms with E-state index in [2.05, 4.69) is 5.32 Å². The highest BCUT2D eigenvalue weighted by Gasteiger charge is 2.21. The van der Waals surface area contributed by atoms with Crippen molar-refractivity contribution in [1.82, 2.24) is 4.90 Å². The lowest BCUT2D eigenvalue weighted by atomic mass is 10.1. The lowest BCUT2D eigenvalue weighted by Crippen LogP contribution is -2.35. The molecule has 19 heavy (non-hydrogen) atoms. The van der Waals surface area contributed by atoms with Crippen molar-refractivity contribution in [2.24, 2.45) is 0 Å². The smallest absolute Gasteiger partial charge is 0.338 e. The number of carbonyl (C=O) groups excluding carboxylic acids is 1. The normalized spacial score (nSPS) is 10.3. The Labute approximate surface area is 117 Å². The summed E-state index contributed by atoms with van der Waals surface area (Å²) in [4.78, 5) is 25.9. The monoisotopic (exact) mass is 284 g/mol. The van der Waals surface area contributed by atoms with E-state index in [0.717, 1.165) is 11.3 Å². The van der Waals surface area contributed by atoms with Gasteiger partial charge in [-0.25, -0.2) is 9.59 Å². The standard InChI is InChI=1S/C13H20N2O3S/c1-5-7-15(6-2)13(18)14-11-10(12(16)17)8(3)9(4)19-11/h5-7H2,1-4H3,(H,14,18)(H,16,17). The van der Waals surface area contributed by atoms with E-state index >= 15 is 0 Å². The maximum absolute atomic E-state index is 12.1. The van der Waals surface area contributed by atoms with Gasteiger partial charge in [0.15, 0.2) is 0 Å². The number of nitrogens with zero attached hydrogens (tertiary/aromatic N) is 1. The van der Waals surface area contributed by atoms with Crippen LogP contribution in [0, 0.1) is 13.8 Å². The van der Waals surface area contributed by atoms with Crippen LogP contribution in [0.1, 0.15) is 41.1 Å². The predicted octanol–water partition coefficient (Wildman–Crippen LogP) is 3.33. The van der Waals surface area contributed by atoms with E-state index in [1.54, 1.807) is 11.8 Å². The Hall–Kier alpha value is -1.56. The third kappa shape index (κ3) is 3.47. The summed E-state index contributed by atoms with van der Waals surface area (Å²) < 4.78 is 0. The molecule has 0 unspecified atom stereocenters. The second-order valence-corrected chi connectivity index (χ2v) is 5.53. The molecule has 0 saturated heterocycles. The van der Waals surface area contributed by atoms with E-state index in [4.69, 9.17) is 0 Å². The van der Waals surface area contributed by atoms with Crippen LogP contribution >= 0.6 is 11.3 Å². The third-order valence-electron chi connectivity index (χ3n) is 2.98. The first kappa shape index (κ1) is 15.5. The number of hydrogen-bond donors (Lipinski definition) is 2. The molecule has 2 N–H and O–H groups in total. The first-order chi connectivity index (χ1) is 8.92. The van der Waals surface area contributed by atoms with E-state index in [9.17, 15) is 14.7 Å². The number of aryl methyl sites for hydroxylation is 1. The molecular formula is C13H20N2O3S. The van der Waals surface area contributed by atoms with E-state index in [1.807, 2.05) is 20.8 Å². The fourth-order valence-electron chi connectivity index (χ4n) is 1.82. The van der Waals surface area contributed by atoms with Gasteiger partial charge in [0, 0.05) is 18.0 Å². The van der Waals surface area contributed by atoms with Crippen LogP contribution in [0.2, 0.25) is 0 Å². The van der Waals surface area contributed by atoms with Gasteiger partial charge in [0.25, 0.3) is 0 Å². The second-order valence-electron chi connectivity index (χ2n) is 4.30. The molecule has 1 aromatic rings. The van der Waals surface area contributed by atoms with Crippen LogP contribution in [0.4, 0.5) is 9.80 Å². The number of amides is 2. The minimum Gasteiger partial charge on any atom is -0.478 e. The highest BCUT2D eigenvalue weighted by atomic mass is 32.1. The van der Waals surface area contributed by atoms with Crippen LogP contribution < -0.4 is 5.32 Å². The van der Waals surface area contributed by atoms with Crippen molar-refractivity contribution in [3.05, 3.63) is 16.0 Å². The van der Waals surface area contributed by atoms with Gasteiger partial charge in [-0.05, 0) is 32.8 Å². The Morgan fingerprint density at radius 2 is 1.95 bits per heavy atom. The molecule has 1 aromatic heterocycles. The van der Waals surface area contributed by atoms with E-state index in [0.29, 0.717) is 23.7 Å². The molecule has 0 fully saturated rings. The number of aromatic carboxylic acids is 1. The molecule has 0 aliphatic rings. The minimum atomic E-state index is -1.00. The Balaban J connectivity index is 2.96. The molecule has 0 radical (unpaired) electrons. The molecule has 1 heterocycles. The van der Waals surface area contributed by atoms with Gasteiger partial charge in [-0.1, -0.05) is 6.92 Å². The molecule has 6 heteroatoms. The fraction of sp³-hybridized carbons (Fsp3) is 0.538. The van der Waals surface area contributed by atoms with Gasteiger partial charge in [-0.2, -0.15) is 0 Å². The summed E-state index contributed by atoms with van der Waals surface area (Å²) in [6, 6.07) is -0.242. The Morgan fingerprint density at radius 1 is 1.32 bits per heavy atom. The maximum Gasteiger partial charge on any atom is 0.338 e. The quantitative estimate of drug-likeness (QED) is 0.871. The zero-order chi connectivity index (χ0) is 14.6. The van der Waals surface area contributed by atoms with Crippen molar-refractivity contribution >= 4 is 28.3 Å². The summed E-state index contributed by atoms with van der Waals surface area (Å²) in [5, 5.41) is 12.3. The van der Waals surface area contributed by atoms with E-state index in [1.165, 1.54) is 11.3 Å². The number of nitrogens with one attached hydrogen (secondary N) is 1. The molecule has 0 atom stereocenters. The number of rotatable bonds is 5. The zero-order valence-electron chi connectivity index (χ0n) is 11.7. The van der Waals surface area contributed by atoms with Gasteiger partial charge in [-0.15, -0.1) is 11.3 Å². The first-order valence-corrected chi connectivity index (χ1v) is 7.13. The minimum absolute atomic E-state index is 0.198. The Bertz CT molecular complexity index is 482. The number of hydrogen-bond acceptors (Lipinski definition) is 3. The van der Waals surface area contributed by atoms with Crippen molar-refractivity contribution in [3.63, 3.8) is 0 Å². The first-order valence-electron chi connectivity index (χ1n) is 6.31. The van der Waals surface area contributed by atoms with Gasteiger partial charge in [0.1, 0.15) is 5.00 Å². The molecule has 0 aromatic carbocycles. The van der Waals surface area contributed by atoms with Crippen molar-refractivity contribution < 1.29 is 14.7 Å². The molecule has 2 amide bonds. The lowest BCUT2D eigenvalue weighted by molar-refractivity contribution is 0.0697. The SMILES string of the molecule is CCCN(CC)C(=O)Nc1sc(C)c(C)c1C(=O)O. The average Bonchev–Trinajstić information content (AvgIpc) is 2.61. The molecule has 0 aliphatic heterocycles. The topological polar surface area (TPSA) is 69.6 Å². The van der Waals surface area contributed by atoms with Gasteiger partial charge in [-0.3, -0.25) is 5.32 Å². The molecule has 5 nitrogen and oxygen atoms in total. The lowest BCUT2D eigenvalue weighted by Gasteiger charge is -2.20. The predicted molar refractivity (Wildman–Crippen MR) is 77.3 cm³/mol. The van der Waals surface area contributed by atoms with Gasteiger partial charge in [0.05, 0.1) is 5.56 Å². The van der Waals surface area contributed by atoms with Gasteiger partial charge < -0.3 is 10.0 Å². The number of carboxylic acids is 1. The van der Waals surface area contributed by atoms with Crippen LogP contribution in [0.3, 0.4) is 0 Å². The van der Waals surface area contributed by atoms with E-state index in [-0.39, 0.29) is 11.6 Å². The molecule has 0 saturated carbocycles. The van der Waals surface area contributed by atoms with Crippen LogP contribution in [0.5, 0.6) is 0 Å². The number of urea groups is 1. The van der Waals surface area contributed by atoms with Crippen molar-refractivity contribution in [2.75, 3.05) is 18.4 Å². The number of thiophene rings is 1. The summed E-state index contributed by atoms with van der Waals surface area (Å²) >= 11 is 1.30. The average molecular weight is 284 g/mol.